The van der Waals surface area contributed by atoms with Gasteiger partial charge in [-0.3, -0.25) is 9.59 Å². The normalized spacial score (nSPS) is 10.6. The molecule has 0 heterocycles. The molecule has 0 aliphatic rings. The van der Waals surface area contributed by atoms with Crippen LogP contribution in [0.15, 0.2) is 42.5 Å². The van der Waals surface area contributed by atoms with Gasteiger partial charge < -0.3 is 10.6 Å². The predicted octanol–water partition coefficient (Wildman–Crippen LogP) is 5.02. The molecule has 2 N–H and O–H groups in total. The molecule has 132 valence electrons. The van der Waals surface area contributed by atoms with Crippen molar-refractivity contribution in [2.75, 3.05) is 11.9 Å². The third-order valence-electron chi connectivity index (χ3n) is 3.54. The molecule has 0 saturated heterocycles. The molecule has 6 heteroatoms. The summed E-state index contributed by atoms with van der Waals surface area (Å²) in [6, 6.07) is 11.3. The van der Waals surface area contributed by atoms with Crippen LogP contribution in [0.25, 0.3) is 0 Å². The van der Waals surface area contributed by atoms with E-state index in [0.717, 1.165) is 6.42 Å². The van der Waals surface area contributed by atoms with Gasteiger partial charge in [-0.05, 0) is 54.8 Å². The summed E-state index contributed by atoms with van der Waals surface area (Å²) >= 11 is 11.8. The summed E-state index contributed by atoms with van der Waals surface area (Å²) in [7, 11) is 0. The van der Waals surface area contributed by atoms with Gasteiger partial charge >= 0.3 is 0 Å². The van der Waals surface area contributed by atoms with Crippen molar-refractivity contribution in [2.24, 2.45) is 5.92 Å². The van der Waals surface area contributed by atoms with Crippen molar-refractivity contribution in [3.63, 3.8) is 0 Å². The first-order valence-electron chi connectivity index (χ1n) is 8.01. The fourth-order valence-electron chi connectivity index (χ4n) is 2.18. The molecule has 2 aromatic rings. The maximum atomic E-state index is 12.3. The van der Waals surface area contributed by atoms with E-state index in [-0.39, 0.29) is 11.8 Å². The van der Waals surface area contributed by atoms with E-state index in [1.807, 2.05) is 0 Å². The molecule has 0 unspecified atom stereocenters. The maximum Gasteiger partial charge on any atom is 0.255 e. The van der Waals surface area contributed by atoms with Crippen LogP contribution in [-0.2, 0) is 0 Å². The van der Waals surface area contributed by atoms with Gasteiger partial charge in [-0.2, -0.15) is 0 Å². The minimum atomic E-state index is -0.301. The molecule has 0 fully saturated rings. The van der Waals surface area contributed by atoms with Gasteiger partial charge in [-0.1, -0.05) is 37.0 Å². The topological polar surface area (TPSA) is 58.2 Å². The number of anilines is 1. The Bertz CT molecular complexity index is 738. The number of rotatable bonds is 6. The summed E-state index contributed by atoms with van der Waals surface area (Å²) in [5, 5.41) is 6.47. The zero-order chi connectivity index (χ0) is 18.4. The zero-order valence-electron chi connectivity index (χ0n) is 14.1. The Labute approximate surface area is 157 Å². The standard InChI is InChI=1S/C19H20Cl2N2O2/c1-12(2)7-8-22-18(24)13-3-5-14(6-4-13)19(25)23-17-10-15(20)9-16(21)11-17/h3-6,9-12H,7-8H2,1-2H3,(H,22,24)(H,23,25). The largest absolute Gasteiger partial charge is 0.352 e. The smallest absolute Gasteiger partial charge is 0.255 e. The molecule has 4 nitrogen and oxygen atoms in total. The first-order chi connectivity index (χ1) is 11.8. The third kappa shape index (κ3) is 6.07. The Morgan fingerprint density at radius 1 is 0.920 bits per heavy atom. The molecule has 0 aliphatic carbocycles. The molecule has 25 heavy (non-hydrogen) atoms. The van der Waals surface area contributed by atoms with Gasteiger partial charge in [0.2, 0.25) is 0 Å². The molecule has 0 aliphatic heterocycles. The zero-order valence-corrected chi connectivity index (χ0v) is 15.6. The van der Waals surface area contributed by atoms with Crippen LogP contribution in [0.1, 0.15) is 41.0 Å². The first kappa shape index (κ1) is 19.3. The molecule has 2 aromatic carbocycles. The van der Waals surface area contributed by atoms with Gasteiger partial charge in [0.05, 0.1) is 0 Å². The van der Waals surface area contributed by atoms with Crippen molar-refractivity contribution >= 4 is 40.7 Å². The fourth-order valence-corrected chi connectivity index (χ4v) is 2.70. The van der Waals surface area contributed by atoms with Crippen molar-refractivity contribution < 1.29 is 9.59 Å². The lowest BCUT2D eigenvalue weighted by Crippen LogP contribution is -2.25. The van der Waals surface area contributed by atoms with Crippen molar-refractivity contribution in [1.82, 2.24) is 5.32 Å². The van der Waals surface area contributed by atoms with Crippen molar-refractivity contribution in [3.05, 3.63) is 63.6 Å². The summed E-state index contributed by atoms with van der Waals surface area (Å²) in [5.41, 5.74) is 1.47. The van der Waals surface area contributed by atoms with E-state index in [1.54, 1.807) is 42.5 Å². The Balaban J connectivity index is 1.98. The van der Waals surface area contributed by atoms with Crippen molar-refractivity contribution in [2.45, 2.75) is 20.3 Å². The highest BCUT2D eigenvalue weighted by molar-refractivity contribution is 6.35. The Hall–Kier alpha value is -2.04. The van der Waals surface area contributed by atoms with E-state index >= 15 is 0 Å². The minimum Gasteiger partial charge on any atom is -0.352 e. The number of hydrogen-bond acceptors (Lipinski definition) is 2. The molecule has 0 radical (unpaired) electrons. The van der Waals surface area contributed by atoms with E-state index < -0.39 is 0 Å². The second-order valence-electron chi connectivity index (χ2n) is 6.13. The molecule has 0 atom stereocenters. The number of benzene rings is 2. The van der Waals surface area contributed by atoms with Crippen molar-refractivity contribution in [3.8, 4) is 0 Å². The van der Waals surface area contributed by atoms with E-state index in [0.29, 0.717) is 39.3 Å². The van der Waals surface area contributed by atoms with Crippen LogP contribution < -0.4 is 10.6 Å². The Morgan fingerprint density at radius 3 is 1.96 bits per heavy atom. The van der Waals surface area contributed by atoms with E-state index in [9.17, 15) is 9.59 Å². The number of nitrogens with one attached hydrogen (secondary N) is 2. The summed E-state index contributed by atoms with van der Waals surface area (Å²) in [4.78, 5) is 24.3. The van der Waals surface area contributed by atoms with Gasteiger partial charge in [0, 0.05) is 33.4 Å². The number of hydrogen-bond donors (Lipinski definition) is 2. The van der Waals surface area contributed by atoms with Crippen LogP contribution >= 0.6 is 23.2 Å². The average Bonchev–Trinajstić information content (AvgIpc) is 2.53. The number of amides is 2. The lowest BCUT2D eigenvalue weighted by Gasteiger charge is -2.09. The van der Waals surface area contributed by atoms with Crippen LogP contribution in [-0.4, -0.2) is 18.4 Å². The quantitative estimate of drug-likeness (QED) is 0.740. The van der Waals surface area contributed by atoms with E-state index in [2.05, 4.69) is 24.5 Å². The number of carbonyl (C=O) groups excluding carboxylic acids is 2. The number of carbonyl (C=O) groups is 2. The highest BCUT2D eigenvalue weighted by atomic mass is 35.5. The predicted molar refractivity (Wildman–Crippen MR) is 103 cm³/mol. The van der Waals surface area contributed by atoms with E-state index in [4.69, 9.17) is 23.2 Å². The SMILES string of the molecule is CC(C)CCNC(=O)c1ccc(C(=O)Nc2cc(Cl)cc(Cl)c2)cc1. The van der Waals surface area contributed by atoms with Gasteiger partial charge in [-0.15, -0.1) is 0 Å². The lowest BCUT2D eigenvalue weighted by atomic mass is 10.1. The maximum absolute atomic E-state index is 12.3. The Morgan fingerprint density at radius 2 is 1.44 bits per heavy atom. The Kier molecular flexibility index (Phi) is 6.85. The van der Waals surface area contributed by atoms with Crippen LogP contribution in [0, 0.1) is 5.92 Å². The summed E-state index contributed by atoms with van der Waals surface area (Å²) in [5.74, 6) is 0.0886. The van der Waals surface area contributed by atoms with Crippen LogP contribution in [0.3, 0.4) is 0 Å². The summed E-state index contributed by atoms with van der Waals surface area (Å²) in [6.07, 6.45) is 0.925. The highest BCUT2D eigenvalue weighted by Gasteiger charge is 2.10. The van der Waals surface area contributed by atoms with Crippen LogP contribution in [0.4, 0.5) is 5.69 Å². The first-order valence-corrected chi connectivity index (χ1v) is 8.76. The van der Waals surface area contributed by atoms with Crippen LogP contribution in [0.5, 0.6) is 0 Å². The molecule has 2 rings (SSSR count). The molecule has 0 aromatic heterocycles. The molecule has 0 spiro atoms. The van der Waals surface area contributed by atoms with Gasteiger partial charge in [-0.25, -0.2) is 0 Å². The molecular formula is C19H20Cl2N2O2. The average molecular weight is 379 g/mol. The highest BCUT2D eigenvalue weighted by Crippen LogP contribution is 2.23. The van der Waals surface area contributed by atoms with Gasteiger partial charge in [0.15, 0.2) is 0 Å². The van der Waals surface area contributed by atoms with Crippen molar-refractivity contribution in [1.29, 1.82) is 0 Å². The number of halogens is 2. The minimum absolute atomic E-state index is 0.144. The second kappa shape index (κ2) is 8.88. The molecular weight excluding hydrogens is 359 g/mol. The second-order valence-corrected chi connectivity index (χ2v) is 7.00. The molecule has 0 saturated carbocycles. The third-order valence-corrected chi connectivity index (χ3v) is 3.97. The van der Waals surface area contributed by atoms with E-state index in [1.165, 1.54) is 0 Å². The van der Waals surface area contributed by atoms with Gasteiger partial charge in [0.25, 0.3) is 11.8 Å². The van der Waals surface area contributed by atoms with Crippen LogP contribution in [0.2, 0.25) is 10.0 Å². The fraction of sp³-hybridized carbons (Fsp3) is 0.263. The monoisotopic (exact) mass is 378 g/mol. The summed E-state index contributed by atoms with van der Waals surface area (Å²) in [6.45, 7) is 4.84. The lowest BCUT2D eigenvalue weighted by molar-refractivity contribution is 0.0950. The molecule has 2 amide bonds. The summed E-state index contributed by atoms with van der Waals surface area (Å²) < 4.78 is 0. The van der Waals surface area contributed by atoms with Gasteiger partial charge in [0.1, 0.15) is 0 Å². The molecule has 0 bridgehead atoms.